The molecule has 0 radical (unpaired) electrons. The summed E-state index contributed by atoms with van der Waals surface area (Å²) in [5.74, 6) is 0.999. The molecule has 0 saturated carbocycles. The Labute approximate surface area is 120 Å². The minimum Gasteiger partial charge on any atom is -0.368 e. The Morgan fingerprint density at radius 2 is 1.89 bits per heavy atom. The zero-order valence-corrected chi connectivity index (χ0v) is 12.8. The average molecular weight is 274 g/mol. The smallest absolute Gasteiger partial charge is 0.133 e. The van der Waals surface area contributed by atoms with Gasteiger partial charge in [0.15, 0.2) is 0 Å². The Kier molecular flexibility index (Phi) is 4.70. The number of rotatable bonds is 6. The van der Waals surface area contributed by atoms with Crippen LogP contribution in [0.5, 0.6) is 0 Å². The fourth-order valence-electron chi connectivity index (χ4n) is 2.37. The first-order valence-corrected chi connectivity index (χ1v) is 8.10. The molecule has 19 heavy (non-hydrogen) atoms. The number of hydrogen-bond acceptors (Lipinski definition) is 3. The fraction of sp³-hybridized carbons (Fsp3) is 0.438. The van der Waals surface area contributed by atoms with Crippen molar-refractivity contribution in [3.8, 4) is 0 Å². The second kappa shape index (κ2) is 6.29. The van der Waals surface area contributed by atoms with E-state index in [4.69, 9.17) is 0 Å². The fourth-order valence-corrected chi connectivity index (χ4v) is 3.16. The molecule has 1 aromatic carbocycles. The van der Waals surface area contributed by atoms with Crippen molar-refractivity contribution in [1.29, 1.82) is 0 Å². The van der Waals surface area contributed by atoms with Gasteiger partial charge in [-0.15, -0.1) is 0 Å². The molecule has 1 N–H and O–H groups in total. The molecule has 0 amide bonds. The summed E-state index contributed by atoms with van der Waals surface area (Å²) in [6.45, 7) is 5.48. The number of fused-ring (bicyclic) bond motifs is 1. The maximum atomic E-state index is 4.49. The van der Waals surface area contributed by atoms with E-state index in [-0.39, 0.29) is 0 Å². The normalized spacial score (nSPS) is 11.7. The highest BCUT2D eigenvalue weighted by Crippen LogP contribution is 2.31. The summed E-state index contributed by atoms with van der Waals surface area (Å²) in [7, 11) is 0. The summed E-state index contributed by atoms with van der Waals surface area (Å²) in [6, 6.07) is 10.4. The van der Waals surface area contributed by atoms with Crippen molar-refractivity contribution in [3.63, 3.8) is 0 Å². The molecule has 2 rings (SSSR count). The second-order valence-corrected chi connectivity index (χ2v) is 6.10. The predicted octanol–water partition coefficient (Wildman–Crippen LogP) is 4.57. The molecule has 0 aliphatic rings. The molecule has 2 nitrogen and oxygen atoms in total. The first kappa shape index (κ1) is 14.2. The lowest BCUT2D eigenvalue weighted by Gasteiger charge is -2.30. The third kappa shape index (κ3) is 3.03. The molecule has 0 aliphatic heterocycles. The Hall–Kier alpha value is -1.22. The lowest BCUT2D eigenvalue weighted by atomic mass is 10.0. The van der Waals surface area contributed by atoms with Crippen LogP contribution < -0.4 is 5.32 Å². The first-order chi connectivity index (χ1) is 9.24. The van der Waals surface area contributed by atoms with E-state index in [1.54, 1.807) is 0 Å². The minimum atomic E-state index is 0.304. The van der Waals surface area contributed by atoms with Crippen LogP contribution in [-0.4, -0.2) is 22.5 Å². The molecule has 0 aliphatic carbocycles. The maximum Gasteiger partial charge on any atom is 0.133 e. The van der Waals surface area contributed by atoms with Crippen LogP contribution in [0.3, 0.4) is 0 Å². The van der Waals surface area contributed by atoms with Gasteiger partial charge in [0, 0.05) is 22.9 Å². The summed E-state index contributed by atoms with van der Waals surface area (Å²) in [4.78, 5) is 4.49. The highest BCUT2D eigenvalue weighted by molar-refractivity contribution is 8.00. The van der Waals surface area contributed by atoms with Crippen molar-refractivity contribution >= 4 is 28.4 Å². The average Bonchev–Trinajstić information content (AvgIpc) is 2.49. The van der Waals surface area contributed by atoms with Gasteiger partial charge in [0.2, 0.25) is 0 Å². The van der Waals surface area contributed by atoms with Crippen LogP contribution in [0.4, 0.5) is 5.82 Å². The van der Waals surface area contributed by atoms with Gasteiger partial charge in [-0.1, -0.05) is 38.1 Å². The number of nitrogens with one attached hydrogen (secondary N) is 1. The summed E-state index contributed by atoms with van der Waals surface area (Å²) in [6.07, 6.45) is 6.42. The maximum absolute atomic E-state index is 4.49. The highest BCUT2D eigenvalue weighted by Gasteiger charge is 2.24. The molecule has 0 fully saturated rings. The first-order valence-electron chi connectivity index (χ1n) is 6.87. The van der Waals surface area contributed by atoms with E-state index in [9.17, 15) is 0 Å². The molecule has 1 aromatic heterocycles. The Morgan fingerprint density at radius 1 is 1.16 bits per heavy atom. The van der Waals surface area contributed by atoms with Crippen LogP contribution in [0.1, 0.15) is 26.7 Å². The van der Waals surface area contributed by atoms with Crippen LogP contribution in [0.2, 0.25) is 0 Å². The highest BCUT2D eigenvalue weighted by atomic mass is 32.2. The lowest BCUT2D eigenvalue weighted by Crippen LogP contribution is -2.32. The van der Waals surface area contributed by atoms with Crippen molar-refractivity contribution in [3.05, 3.63) is 36.5 Å². The van der Waals surface area contributed by atoms with E-state index in [0.717, 1.165) is 12.4 Å². The number of pyridine rings is 1. The number of anilines is 1. The van der Waals surface area contributed by atoms with E-state index in [1.807, 2.05) is 18.0 Å². The van der Waals surface area contributed by atoms with E-state index < -0.39 is 0 Å². The third-order valence-corrected chi connectivity index (χ3v) is 5.56. The van der Waals surface area contributed by atoms with Crippen LogP contribution in [0.25, 0.3) is 10.8 Å². The van der Waals surface area contributed by atoms with Crippen molar-refractivity contribution < 1.29 is 0 Å². The van der Waals surface area contributed by atoms with Crippen LogP contribution >= 0.6 is 11.8 Å². The molecule has 1 heterocycles. The molecule has 102 valence electrons. The molecule has 0 bridgehead atoms. The molecule has 0 atom stereocenters. The number of benzene rings is 1. The topological polar surface area (TPSA) is 24.9 Å². The van der Waals surface area contributed by atoms with E-state index in [0.29, 0.717) is 4.75 Å². The quantitative estimate of drug-likeness (QED) is 0.835. The van der Waals surface area contributed by atoms with Gasteiger partial charge in [-0.2, -0.15) is 11.8 Å². The van der Waals surface area contributed by atoms with Crippen molar-refractivity contribution in [2.45, 2.75) is 31.4 Å². The summed E-state index contributed by atoms with van der Waals surface area (Å²) in [5.41, 5.74) is 0. The van der Waals surface area contributed by atoms with Gasteiger partial charge in [0.05, 0.1) is 0 Å². The standard InChI is InChI=1S/C16H22N2S/c1-4-16(5-2,19-3)12-18-15-14-9-7-6-8-13(14)10-11-17-15/h6-11H,4-5,12H2,1-3H3,(H,17,18). The zero-order chi connectivity index (χ0) is 13.7. The van der Waals surface area contributed by atoms with Gasteiger partial charge in [0.25, 0.3) is 0 Å². The van der Waals surface area contributed by atoms with Gasteiger partial charge < -0.3 is 5.32 Å². The zero-order valence-electron chi connectivity index (χ0n) is 11.9. The van der Waals surface area contributed by atoms with Gasteiger partial charge in [0.1, 0.15) is 5.82 Å². The summed E-state index contributed by atoms with van der Waals surface area (Å²) in [5, 5.41) is 5.99. The Balaban J connectivity index is 2.22. The second-order valence-electron chi connectivity index (χ2n) is 4.83. The molecule has 0 unspecified atom stereocenters. The molecule has 0 spiro atoms. The van der Waals surface area contributed by atoms with Crippen LogP contribution in [-0.2, 0) is 0 Å². The largest absolute Gasteiger partial charge is 0.368 e. The Morgan fingerprint density at radius 3 is 2.58 bits per heavy atom. The van der Waals surface area contributed by atoms with Gasteiger partial charge in [-0.05, 0) is 30.6 Å². The van der Waals surface area contributed by atoms with Crippen LogP contribution in [0.15, 0.2) is 36.5 Å². The van der Waals surface area contributed by atoms with Gasteiger partial charge in [-0.3, -0.25) is 0 Å². The molecule has 2 aromatic rings. The van der Waals surface area contributed by atoms with Crippen molar-refractivity contribution in [1.82, 2.24) is 4.98 Å². The number of hydrogen-bond donors (Lipinski definition) is 1. The third-order valence-electron chi connectivity index (χ3n) is 3.97. The van der Waals surface area contributed by atoms with E-state index in [1.165, 1.54) is 23.6 Å². The van der Waals surface area contributed by atoms with Crippen molar-refractivity contribution in [2.75, 3.05) is 18.1 Å². The molecule has 3 heteroatoms. The van der Waals surface area contributed by atoms with Crippen LogP contribution in [0, 0.1) is 0 Å². The van der Waals surface area contributed by atoms with Gasteiger partial charge >= 0.3 is 0 Å². The Bertz CT molecular complexity index is 522. The number of aromatic nitrogens is 1. The molecular formula is C16H22N2S. The molecule has 0 saturated heterocycles. The van der Waals surface area contributed by atoms with E-state index in [2.05, 4.69) is 60.7 Å². The minimum absolute atomic E-state index is 0.304. The molecular weight excluding hydrogens is 252 g/mol. The lowest BCUT2D eigenvalue weighted by molar-refractivity contribution is 0.574. The van der Waals surface area contributed by atoms with Crippen molar-refractivity contribution in [2.24, 2.45) is 0 Å². The summed E-state index contributed by atoms with van der Waals surface area (Å²) >= 11 is 1.95. The number of thioether (sulfide) groups is 1. The number of nitrogens with zero attached hydrogens (tertiary/aromatic N) is 1. The summed E-state index contributed by atoms with van der Waals surface area (Å²) < 4.78 is 0.304. The van der Waals surface area contributed by atoms with E-state index >= 15 is 0 Å². The SMILES string of the molecule is CCC(CC)(CNc1nccc2ccccc12)SC. The van der Waals surface area contributed by atoms with Gasteiger partial charge in [-0.25, -0.2) is 4.98 Å². The predicted molar refractivity (Wildman–Crippen MR) is 87.1 cm³/mol. The monoisotopic (exact) mass is 274 g/mol.